The van der Waals surface area contributed by atoms with Gasteiger partial charge < -0.3 is 19.9 Å². The van der Waals surface area contributed by atoms with Crippen LogP contribution in [0.2, 0.25) is 0 Å². The maximum atomic E-state index is 15.7. The second-order valence-electron chi connectivity index (χ2n) is 7.52. The van der Waals surface area contributed by atoms with Gasteiger partial charge in [0.2, 0.25) is 0 Å². The number of halogens is 1. The predicted molar refractivity (Wildman–Crippen MR) is 96.8 cm³/mol. The molecule has 10 heteroatoms. The van der Waals surface area contributed by atoms with Crippen LogP contribution in [0.3, 0.4) is 0 Å². The molecule has 0 amide bonds. The van der Waals surface area contributed by atoms with E-state index in [1.165, 1.54) is 12.3 Å². The molecule has 1 fully saturated rings. The first-order valence-corrected chi connectivity index (χ1v) is 9.01. The summed E-state index contributed by atoms with van der Waals surface area (Å²) in [4.78, 5) is 39.6. The number of hydrogen-bond donors (Lipinski definition) is 1. The van der Waals surface area contributed by atoms with Gasteiger partial charge in [0, 0.05) is 6.20 Å². The fraction of sp³-hybridized carbons (Fsp3) is 0.667. The zero-order valence-corrected chi connectivity index (χ0v) is 16.5. The van der Waals surface area contributed by atoms with Gasteiger partial charge in [-0.05, 0) is 13.0 Å². The number of alkyl halides is 1. The summed E-state index contributed by atoms with van der Waals surface area (Å²) >= 11 is 0. The normalized spacial score (nSPS) is 27.2. The van der Waals surface area contributed by atoms with Gasteiger partial charge in [-0.15, -0.1) is 0 Å². The number of ether oxygens (including phenoxy) is 3. The van der Waals surface area contributed by atoms with Crippen molar-refractivity contribution in [3.63, 3.8) is 0 Å². The van der Waals surface area contributed by atoms with Crippen LogP contribution in [0.25, 0.3) is 0 Å². The van der Waals surface area contributed by atoms with E-state index in [0.717, 1.165) is 11.5 Å². The van der Waals surface area contributed by atoms with Gasteiger partial charge in [-0.1, -0.05) is 27.7 Å². The third kappa shape index (κ3) is 4.49. The Balaban J connectivity index is 2.34. The molecule has 1 aliphatic rings. The van der Waals surface area contributed by atoms with Crippen molar-refractivity contribution in [2.45, 2.75) is 58.7 Å². The molecule has 2 heterocycles. The van der Waals surface area contributed by atoms with Gasteiger partial charge in [-0.2, -0.15) is 4.98 Å². The lowest BCUT2D eigenvalue weighted by Crippen LogP contribution is -2.46. The molecule has 4 atom stereocenters. The number of esters is 2. The predicted octanol–water partition coefficient (Wildman–Crippen LogP) is 1.22. The molecule has 2 rings (SSSR count). The van der Waals surface area contributed by atoms with Gasteiger partial charge in [-0.3, -0.25) is 14.2 Å². The summed E-state index contributed by atoms with van der Waals surface area (Å²) < 4.78 is 32.7. The molecule has 2 unspecified atom stereocenters. The minimum absolute atomic E-state index is 0.0231. The number of nitrogens with two attached hydrogens (primary N) is 1. The van der Waals surface area contributed by atoms with E-state index >= 15 is 4.39 Å². The summed E-state index contributed by atoms with van der Waals surface area (Å²) in [5, 5.41) is 0. The Morgan fingerprint density at radius 1 is 1.32 bits per heavy atom. The molecule has 1 aromatic heterocycles. The Labute approximate surface area is 162 Å². The average molecular weight is 399 g/mol. The van der Waals surface area contributed by atoms with Crippen LogP contribution in [0.5, 0.6) is 0 Å². The van der Waals surface area contributed by atoms with Crippen molar-refractivity contribution in [1.82, 2.24) is 9.55 Å². The molecule has 0 spiro atoms. The average Bonchev–Trinajstić information content (AvgIpc) is 2.83. The zero-order chi connectivity index (χ0) is 21.2. The van der Waals surface area contributed by atoms with Gasteiger partial charge in [-0.25, -0.2) is 9.18 Å². The van der Waals surface area contributed by atoms with Crippen molar-refractivity contribution in [3.05, 3.63) is 22.7 Å². The van der Waals surface area contributed by atoms with Crippen LogP contribution >= 0.6 is 0 Å². The molecule has 0 saturated carbocycles. The SMILES string of the molecule is CC(C)C(=O)OC[C@H]1O[C@@H](n2ccc(N)nc2=O)C(C)(F)C1OC(=O)C(C)C. The Hall–Kier alpha value is -2.49. The van der Waals surface area contributed by atoms with E-state index in [1.807, 2.05) is 0 Å². The molecule has 1 aromatic rings. The number of anilines is 1. The number of nitrogens with zero attached hydrogens (tertiary/aromatic N) is 2. The molecule has 156 valence electrons. The van der Waals surface area contributed by atoms with E-state index in [2.05, 4.69) is 4.98 Å². The second-order valence-corrected chi connectivity index (χ2v) is 7.52. The highest BCUT2D eigenvalue weighted by molar-refractivity contribution is 5.72. The molecular weight excluding hydrogens is 373 g/mol. The quantitative estimate of drug-likeness (QED) is 0.709. The summed E-state index contributed by atoms with van der Waals surface area (Å²) in [5.41, 5.74) is 2.36. The van der Waals surface area contributed by atoms with E-state index in [0.29, 0.717) is 0 Å². The zero-order valence-electron chi connectivity index (χ0n) is 16.5. The number of aromatic nitrogens is 2. The van der Waals surface area contributed by atoms with E-state index in [1.54, 1.807) is 27.7 Å². The Bertz CT molecular complexity index is 792. The first kappa shape index (κ1) is 21.8. The summed E-state index contributed by atoms with van der Waals surface area (Å²) in [6, 6.07) is 1.32. The smallest absolute Gasteiger partial charge is 0.351 e. The van der Waals surface area contributed by atoms with Crippen LogP contribution < -0.4 is 11.4 Å². The molecule has 0 radical (unpaired) electrons. The van der Waals surface area contributed by atoms with Crippen molar-refractivity contribution in [1.29, 1.82) is 0 Å². The van der Waals surface area contributed by atoms with Gasteiger partial charge >= 0.3 is 17.6 Å². The molecule has 1 aliphatic heterocycles. The van der Waals surface area contributed by atoms with Gasteiger partial charge in [0.05, 0.1) is 11.8 Å². The lowest BCUT2D eigenvalue weighted by molar-refractivity contribution is -0.165. The molecule has 9 nitrogen and oxygen atoms in total. The molecule has 2 N–H and O–H groups in total. The standard InChI is InChI=1S/C18H26FN3O6/c1-9(2)14(23)26-8-11-13(28-15(24)10(3)4)18(5,19)16(27-11)22-7-6-12(20)21-17(22)25/h6-7,9-11,13,16H,8H2,1-5H3,(H2,20,21,25)/t11-,13?,16-,18?/m1/s1. The number of carbonyl (C=O) groups excluding carboxylic acids is 2. The van der Waals surface area contributed by atoms with Crippen molar-refractivity contribution in [2.75, 3.05) is 12.3 Å². The van der Waals surface area contributed by atoms with Crippen molar-refractivity contribution < 1.29 is 28.2 Å². The fourth-order valence-corrected chi connectivity index (χ4v) is 2.73. The number of hydrogen-bond acceptors (Lipinski definition) is 8. The number of rotatable bonds is 6. The van der Waals surface area contributed by atoms with Gasteiger partial charge in [0.25, 0.3) is 0 Å². The van der Waals surface area contributed by atoms with Crippen LogP contribution in [0, 0.1) is 11.8 Å². The van der Waals surface area contributed by atoms with E-state index in [9.17, 15) is 14.4 Å². The van der Waals surface area contributed by atoms with Crippen molar-refractivity contribution in [2.24, 2.45) is 11.8 Å². The van der Waals surface area contributed by atoms with Crippen LogP contribution in [0.4, 0.5) is 10.2 Å². The van der Waals surface area contributed by atoms with E-state index in [4.69, 9.17) is 19.9 Å². The number of carbonyl (C=O) groups is 2. The van der Waals surface area contributed by atoms with Gasteiger partial charge in [0.1, 0.15) is 18.5 Å². The molecule has 0 bridgehead atoms. The first-order valence-electron chi connectivity index (χ1n) is 9.01. The minimum Gasteiger partial charge on any atom is -0.463 e. The van der Waals surface area contributed by atoms with E-state index in [-0.39, 0.29) is 12.4 Å². The highest BCUT2D eigenvalue weighted by Crippen LogP contribution is 2.42. The molecule has 1 saturated heterocycles. The van der Waals surface area contributed by atoms with E-state index < -0.39 is 53.6 Å². The van der Waals surface area contributed by atoms with Gasteiger partial charge in [0.15, 0.2) is 18.0 Å². The third-order valence-corrected chi connectivity index (χ3v) is 4.36. The summed E-state index contributed by atoms with van der Waals surface area (Å²) in [6.07, 6.45) is -2.69. The second kappa shape index (κ2) is 8.26. The third-order valence-electron chi connectivity index (χ3n) is 4.36. The fourth-order valence-electron chi connectivity index (χ4n) is 2.73. The monoisotopic (exact) mass is 399 g/mol. The molecular formula is C18H26FN3O6. The maximum Gasteiger partial charge on any atom is 0.351 e. The van der Waals surface area contributed by atoms with Crippen LogP contribution in [-0.4, -0.2) is 46.0 Å². The first-order chi connectivity index (χ1) is 12.9. The molecule has 0 aromatic carbocycles. The summed E-state index contributed by atoms with van der Waals surface area (Å²) in [5.74, 6) is -2.07. The maximum absolute atomic E-state index is 15.7. The Morgan fingerprint density at radius 2 is 1.93 bits per heavy atom. The highest BCUT2D eigenvalue weighted by Gasteiger charge is 2.58. The largest absolute Gasteiger partial charge is 0.463 e. The lowest BCUT2D eigenvalue weighted by atomic mass is 9.98. The minimum atomic E-state index is -2.29. The molecule has 28 heavy (non-hydrogen) atoms. The van der Waals surface area contributed by atoms with Crippen LogP contribution in [0.15, 0.2) is 17.1 Å². The number of nitrogen functional groups attached to an aromatic ring is 1. The molecule has 0 aliphatic carbocycles. The van der Waals surface area contributed by atoms with Crippen molar-refractivity contribution in [3.8, 4) is 0 Å². The Kier molecular flexibility index (Phi) is 6.43. The van der Waals surface area contributed by atoms with Crippen LogP contribution in [-0.2, 0) is 23.8 Å². The van der Waals surface area contributed by atoms with Crippen LogP contribution in [0.1, 0.15) is 40.8 Å². The van der Waals surface area contributed by atoms with Crippen molar-refractivity contribution >= 4 is 17.8 Å². The lowest BCUT2D eigenvalue weighted by Gasteiger charge is -2.28. The Morgan fingerprint density at radius 3 is 2.46 bits per heavy atom. The topological polar surface area (TPSA) is 123 Å². The summed E-state index contributed by atoms with van der Waals surface area (Å²) in [7, 11) is 0. The summed E-state index contributed by atoms with van der Waals surface area (Å²) in [6.45, 7) is 7.33. The highest BCUT2D eigenvalue weighted by atomic mass is 19.1.